The van der Waals surface area contributed by atoms with Crippen molar-refractivity contribution in [3.8, 4) is 0 Å². The number of halogens is 1. The molecule has 4 nitrogen and oxygen atoms in total. The van der Waals surface area contributed by atoms with Gasteiger partial charge in [-0.3, -0.25) is 4.79 Å². The fourth-order valence-electron chi connectivity index (χ4n) is 1.21. The van der Waals surface area contributed by atoms with E-state index in [1.165, 1.54) is 7.11 Å². The van der Waals surface area contributed by atoms with Crippen LogP contribution in [0.1, 0.15) is 19.3 Å². The maximum absolute atomic E-state index is 10.8. The van der Waals surface area contributed by atoms with Crippen LogP contribution >= 0.6 is 11.6 Å². The van der Waals surface area contributed by atoms with Crippen molar-refractivity contribution in [1.82, 2.24) is 4.98 Å². The first-order chi connectivity index (χ1) is 7.72. The summed E-state index contributed by atoms with van der Waals surface area (Å²) in [6, 6.07) is 3.49. The van der Waals surface area contributed by atoms with Gasteiger partial charge in [0.1, 0.15) is 5.82 Å². The Morgan fingerprint density at radius 1 is 1.56 bits per heavy atom. The van der Waals surface area contributed by atoms with Crippen LogP contribution in [0.5, 0.6) is 0 Å². The molecule has 0 aromatic carbocycles. The molecule has 88 valence electrons. The van der Waals surface area contributed by atoms with Gasteiger partial charge in [-0.1, -0.05) is 11.6 Å². The first kappa shape index (κ1) is 12.8. The molecule has 0 saturated carbocycles. The van der Waals surface area contributed by atoms with Gasteiger partial charge in [0.15, 0.2) is 0 Å². The monoisotopic (exact) mass is 242 g/mol. The van der Waals surface area contributed by atoms with Crippen molar-refractivity contribution in [3.63, 3.8) is 0 Å². The van der Waals surface area contributed by atoms with Crippen molar-refractivity contribution in [2.75, 3.05) is 19.0 Å². The average molecular weight is 243 g/mol. The molecule has 0 aliphatic carbocycles. The number of carbonyl (C=O) groups is 1. The molecule has 0 saturated heterocycles. The number of unbranched alkanes of at least 4 members (excludes halogenated alkanes) is 1. The second-order valence-electron chi connectivity index (χ2n) is 3.32. The Morgan fingerprint density at radius 2 is 2.38 bits per heavy atom. The van der Waals surface area contributed by atoms with Crippen molar-refractivity contribution in [3.05, 3.63) is 23.4 Å². The number of nitrogens with one attached hydrogen (secondary N) is 1. The summed E-state index contributed by atoms with van der Waals surface area (Å²) < 4.78 is 4.54. The third-order valence-corrected chi connectivity index (χ3v) is 2.30. The maximum Gasteiger partial charge on any atom is 0.305 e. The lowest BCUT2D eigenvalue weighted by Gasteiger charge is -2.04. The van der Waals surface area contributed by atoms with Crippen LogP contribution in [0, 0.1) is 0 Å². The lowest BCUT2D eigenvalue weighted by molar-refractivity contribution is -0.140. The van der Waals surface area contributed by atoms with Gasteiger partial charge in [0.2, 0.25) is 0 Å². The van der Waals surface area contributed by atoms with E-state index < -0.39 is 0 Å². The molecule has 0 atom stereocenters. The van der Waals surface area contributed by atoms with Crippen LogP contribution in [0.2, 0.25) is 5.02 Å². The molecule has 0 amide bonds. The lowest BCUT2D eigenvalue weighted by Crippen LogP contribution is -2.05. The zero-order valence-electron chi connectivity index (χ0n) is 9.20. The van der Waals surface area contributed by atoms with E-state index in [0.717, 1.165) is 25.2 Å². The van der Waals surface area contributed by atoms with Gasteiger partial charge in [-0.05, 0) is 25.0 Å². The van der Waals surface area contributed by atoms with E-state index in [1.807, 2.05) is 0 Å². The number of anilines is 1. The summed E-state index contributed by atoms with van der Waals surface area (Å²) in [5.74, 6) is 0.589. The van der Waals surface area contributed by atoms with Crippen LogP contribution in [0.25, 0.3) is 0 Å². The van der Waals surface area contributed by atoms with Gasteiger partial charge < -0.3 is 10.1 Å². The third kappa shape index (κ3) is 4.98. The Hall–Kier alpha value is -1.29. The summed E-state index contributed by atoms with van der Waals surface area (Å²) in [7, 11) is 1.40. The van der Waals surface area contributed by atoms with Gasteiger partial charge in [-0.15, -0.1) is 0 Å². The van der Waals surface area contributed by atoms with Crippen LogP contribution in [0.4, 0.5) is 5.82 Å². The minimum atomic E-state index is -0.166. The quantitative estimate of drug-likeness (QED) is 0.615. The highest BCUT2D eigenvalue weighted by molar-refractivity contribution is 6.30. The molecular weight excluding hydrogens is 228 g/mol. The van der Waals surface area contributed by atoms with Crippen molar-refractivity contribution >= 4 is 23.4 Å². The molecule has 1 rings (SSSR count). The zero-order valence-corrected chi connectivity index (χ0v) is 9.96. The first-order valence-electron chi connectivity index (χ1n) is 5.14. The fourth-order valence-corrected chi connectivity index (χ4v) is 1.37. The van der Waals surface area contributed by atoms with Crippen LogP contribution in [-0.4, -0.2) is 24.6 Å². The standard InChI is InChI=1S/C11H15ClN2O2/c1-16-11(15)4-2-3-6-13-10-8-9(12)5-7-14-10/h5,7-8H,2-4,6H2,1H3,(H,13,14). The Morgan fingerprint density at radius 3 is 3.06 bits per heavy atom. The number of aromatic nitrogens is 1. The molecule has 0 fully saturated rings. The molecule has 0 spiro atoms. The summed E-state index contributed by atoms with van der Waals surface area (Å²) in [5, 5.41) is 3.79. The van der Waals surface area contributed by atoms with E-state index in [1.54, 1.807) is 18.3 Å². The number of ether oxygens (including phenoxy) is 1. The molecule has 1 heterocycles. The highest BCUT2D eigenvalue weighted by atomic mass is 35.5. The van der Waals surface area contributed by atoms with Crippen molar-refractivity contribution in [2.45, 2.75) is 19.3 Å². The molecule has 1 aromatic heterocycles. The van der Waals surface area contributed by atoms with Gasteiger partial charge in [0, 0.05) is 24.2 Å². The number of hydrogen-bond acceptors (Lipinski definition) is 4. The van der Waals surface area contributed by atoms with Gasteiger partial charge >= 0.3 is 5.97 Å². The number of methoxy groups -OCH3 is 1. The summed E-state index contributed by atoms with van der Waals surface area (Å²) >= 11 is 5.80. The number of hydrogen-bond donors (Lipinski definition) is 1. The molecule has 0 radical (unpaired) electrons. The minimum Gasteiger partial charge on any atom is -0.469 e. The van der Waals surface area contributed by atoms with Crippen molar-refractivity contribution in [1.29, 1.82) is 0 Å². The smallest absolute Gasteiger partial charge is 0.305 e. The molecule has 0 bridgehead atoms. The highest BCUT2D eigenvalue weighted by Crippen LogP contribution is 2.11. The number of nitrogens with zero attached hydrogens (tertiary/aromatic N) is 1. The largest absolute Gasteiger partial charge is 0.469 e. The number of esters is 1. The number of pyridine rings is 1. The number of rotatable bonds is 6. The second-order valence-corrected chi connectivity index (χ2v) is 3.76. The average Bonchev–Trinajstić information content (AvgIpc) is 2.28. The molecule has 1 aromatic rings. The third-order valence-electron chi connectivity index (χ3n) is 2.06. The van der Waals surface area contributed by atoms with Crippen LogP contribution in [0.15, 0.2) is 18.3 Å². The van der Waals surface area contributed by atoms with E-state index in [-0.39, 0.29) is 5.97 Å². The Labute approximate surface area is 100.0 Å². The Kier molecular flexibility index (Phi) is 5.64. The van der Waals surface area contributed by atoms with E-state index in [4.69, 9.17) is 11.6 Å². The molecule has 0 aliphatic rings. The van der Waals surface area contributed by atoms with E-state index >= 15 is 0 Å². The predicted octanol–water partition coefficient (Wildman–Crippen LogP) is 2.49. The van der Waals surface area contributed by atoms with Gasteiger partial charge in [0.05, 0.1) is 7.11 Å². The molecule has 0 unspecified atom stereocenters. The summed E-state index contributed by atoms with van der Waals surface area (Å²) in [4.78, 5) is 14.9. The lowest BCUT2D eigenvalue weighted by atomic mass is 10.2. The summed E-state index contributed by atoms with van der Waals surface area (Å²) in [5.41, 5.74) is 0. The topological polar surface area (TPSA) is 51.2 Å². The van der Waals surface area contributed by atoms with E-state index in [0.29, 0.717) is 11.4 Å². The first-order valence-corrected chi connectivity index (χ1v) is 5.52. The fraction of sp³-hybridized carbons (Fsp3) is 0.455. The normalized spacial score (nSPS) is 9.88. The van der Waals surface area contributed by atoms with E-state index in [9.17, 15) is 4.79 Å². The van der Waals surface area contributed by atoms with Crippen LogP contribution in [0.3, 0.4) is 0 Å². The Bertz CT molecular complexity index is 345. The highest BCUT2D eigenvalue weighted by Gasteiger charge is 1.99. The molecule has 1 N–H and O–H groups in total. The number of carbonyl (C=O) groups excluding carboxylic acids is 1. The predicted molar refractivity (Wildman–Crippen MR) is 63.6 cm³/mol. The van der Waals surface area contributed by atoms with Crippen LogP contribution < -0.4 is 5.32 Å². The van der Waals surface area contributed by atoms with Gasteiger partial charge in [-0.25, -0.2) is 4.98 Å². The SMILES string of the molecule is COC(=O)CCCCNc1cc(Cl)ccn1. The second kappa shape index (κ2) is 7.06. The zero-order chi connectivity index (χ0) is 11.8. The van der Waals surface area contributed by atoms with Gasteiger partial charge in [0.25, 0.3) is 0 Å². The minimum absolute atomic E-state index is 0.166. The van der Waals surface area contributed by atoms with E-state index in [2.05, 4.69) is 15.0 Å². The summed E-state index contributed by atoms with van der Waals surface area (Å²) in [6.45, 7) is 0.768. The summed E-state index contributed by atoms with van der Waals surface area (Å²) in [6.07, 6.45) is 3.81. The molecule has 0 aliphatic heterocycles. The van der Waals surface area contributed by atoms with Crippen molar-refractivity contribution < 1.29 is 9.53 Å². The molecule has 16 heavy (non-hydrogen) atoms. The van der Waals surface area contributed by atoms with Crippen LogP contribution in [-0.2, 0) is 9.53 Å². The van der Waals surface area contributed by atoms with Crippen molar-refractivity contribution in [2.24, 2.45) is 0 Å². The maximum atomic E-state index is 10.8. The Balaban J connectivity index is 2.14. The molecule has 5 heteroatoms. The molecular formula is C11H15ClN2O2. The van der Waals surface area contributed by atoms with Gasteiger partial charge in [-0.2, -0.15) is 0 Å².